The summed E-state index contributed by atoms with van der Waals surface area (Å²) in [6.07, 6.45) is 0. The molecule has 1 aromatic carbocycles. The third-order valence-electron chi connectivity index (χ3n) is 6.06. The Bertz CT molecular complexity index is 1400. The van der Waals surface area contributed by atoms with Gasteiger partial charge in [0, 0.05) is 39.3 Å². The van der Waals surface area contributed by atoms with Gasteiger partial charge in [0.1, 0.15) is 0 Å². The maximum atomic E-state index is 12.5. The highest BCUT2D eigenvalue weighted by molar-refractivity contribution is 7.89. The molecular formula is C22H28N6O4S. The topological polar surface area (TPSA) is 120 Å². The number of aromatic nitrogens is 3. The number of hydrogen-bond acceptors (Lipinski definition) is 7. The molecule has 1 aliphatic rings. The first-order valence-electron chi connectivity index (χ1n) is 10.9. The van der Waals surface area contributed by atoms with Gasteiger partial charge in [-0.05, 0) is 50.7 Å². The first-order chi connectivity index (χ1) is 15.7. The molecule has 4 rings (SSSR count). The lowest BCUT2D eigenvalue weighted by Gasteiger charge is -2.36. The number of nitrogens with one attached hydrogen (secondary N) is 2. The Morgan fingerprint density at radius 2 is 1.82 bits per heavy atom. The van der Waals surface area contributed by atoms with Gasteiger partial charge in [0.05, 0.1) is 22.3 Å². The second kappa shape index (κ2) is 9.08. The van der Waals surface area contributed by atoms with Gasteiger partial charge in [-0.15, -0.1) is 0 Å². The van der Waals surface area contributed by atoms with Crippen LogP contribution in [0, 0.1) is 6.92 Å². The zero-order chi connectivity index (χ0) is 23.8. The molecule has 0 bridgehead atoms. The molecule has 1 fully saturated rings. The second-order valence-electron chi connectivity index (χ2n) is 8.08. The van der Waals surface area contributed by atoms with Crippen molar-refractivity contribution in [3.8, 4) is 0 Å². The first kappa shape index (κ1) is 23.1. The number of sulfonamides is 1. The summed E-state index contributed by atoms with van der Waals surface area (Å²) < 4.78 is 27.4. The number of hydrogen-bond donors (Lipinski definition) is 2. The van der Waals surface area contributed by atoms with E-state index in [1.807, 2.05) is 25.1 Å². The monoisotopic (exact) mass is 472 g/mol. The summed E-state index contributed by atoms with van der Waals surface area (Å²) >= 11 is 0. The van der Waals surface area contributed by atoms with E-state index in [4.69, 9.17) is 0 Å². The molecule has 3 aromatic rings. The molecule has 2 N–H and O–H groups in total. The number of piperazine rings is 1. The van der Waals surface area contributed by atoms with E-state index in [0.29, 0.717) is 29.7 Å². The van der Waals surface area contributed by atoms with Crippen molar-refractivity contribution in [2.75, 3.05) is 38.1 Å². The molecule has 0 spiro atoms. The highest BCUT2D eigenvalue weighted by atomic mass is 32.2. The van der Waals surface area contributed by atoms with Gasteiger partial charge < -0.3 is 9.88 Å². The highest BCUT2D eigenvalue weighted by Gasteiger charge is 2.21. The SMILES string of the molecule is CCn1c(=O)[nH]c2cc(CN3CCN(c4ccc(S(=O)(=O)NC)nc4C)CC3)ccc2c1=O. The van der Waals surface area contributed by atoms with Gasteiger partial charge in [0.15, 0.2) is 5.03 Å². The van der Waals surface area contributed by atoms with Gasteiger partial charge in [-0.1, -0.05) is 6.07 Å². The first-order valence-corrected chi connectivity index (χ1v) is 12.4. The molecule has 0 amide bonds. The van der Waals surface area contributed by atoms with Gasteiger partial charge >= 0.3 is 5.69 Å². The summed E-state index contributed by atoms with van der Waals surface area (Å²) in [5, 5.41) is 0.529. The predicted octanol–water partition coefficient (Wildman–Crippen LogP) is 0.643. The molecule has 3 heterocycles. The number of anilines is 1. The van der Waals surface area contributed by atoms with Crippen molar-refractivity contribution in [3.63, 3.8) is 0 Å². The average molecular weight is 473 g/mol. The Morgan fingerprint density at radius 1 is 1.09 bits per heavy atom. The minimum Gasteiger partial charge on any atom is -0.368 e. The molecule has 0 aliphatic carbocycles. The maximum absolute atomic E-state index is 12.5. The fraction of sp³-hybridized carbons (Fsp3) is 0.409. The number of pyridine rings is 1. The standard InChI is InChI=1S/C22H28N6O4S/c1-4-28-21(29)17-6-5-16(13-18(17)25-22(28)30)14-26-9-11-27(12-10-26)19-7-8-20(24-15(19)2)33(31,32)23-3/h5-8,13,23H,4,9-12,14H2,1-3H3,(H,25,30). The largest absolute Gasteiger partial charge is 0.368 e. The van der Waals surface area contributed by atoms with Crippen LogP contribution in [0.25, 0.3) is 10.9 Å². The molecule has 0 saturated carbocycles. The van der Waals surface area contributed by atoms with Crippen molar-refractivity contribution in [1.82, 2.24) is 24.2 Å². The van der Waals surface area contributed by atoms with Gasteiger partial charge in [0.2, 0.25) is 0 Å². The van der Waals surface area contributed by atoms with E-state index >= 15 is 0 Å². The number of nitrogens with zero attached hydrogens (tertiary/aromatic N) is 4. The van der Waals surface area contributed by atoms with Gasteiger partial charge in [0.25, 0.3) is 15.6 Å². The number of benzene rings is 1. The van der Waals surface area contributed by atoms with Crippen LogP contribution in [0.2, 0.25) is 0 Å². The van der Waals surface area contributed by atoms with E-state index in [-0.39, 0.29) is 10.6 Å². The van der Waals surface area contributed by atoms with Crippen LogP contribution in [0.15, 0.2) is 44.9 Å². The Morgan fingerprint density at radius 3 is 2.45 bits per heavy atom. The molecule has 0 radical (unpaired) electrons. The third kappa shape index (κ3) is 4.56. The van der Waals surface area contributed by atoms with Crippen molar-refractivity contribution >= 4 is 26.6 Å². The summed E-state index contributed by atoms with van der Waals surface area (Å²) in [5.74, 6) is 0. The van der Waals surface area contributed by atoms with E-state index < -0.39 is 15.7 Å². The Hall–Kier alpha value is -3.02. The molecule has 2 aromatic heterocycles. The lowest BCUT2D eigenvalue weighted by molar-refractivity contribution is 0.250. The minimum absolute atomic E-state index is 0.0184. The smallest absolute Gasteiger partial charge is 0.328 e. The number of fused-ring (bicyclic) bond motifs is 1. The Balaban J connectivity index is 1.45. The van der Waals surface area contributed by atoms with Crippen LogP contribution in [0.3, 0.4) is 0 Å². The minimum atomic E-state index is -3.57. The van der Waals surface area contributed by atoms with Crippen LogP contribution < -0.4 is 20.9 Å². The van der Waals surface area contributed by atoms with E-state index in [9.17, 15) is 18.0 Å². The highest BCUT2D eigenvalue weighted by Crippen LogP contribution is 2.22. The number of rotatable bonds is 6. The Kier molecular flexibility index (Phi) is 6.37. The molecule has 11 heteroatoms. The van der Waals surface area contributed by atoms with Crippen LogP contribution in [-0.2, 0) is 23.1 Å². The van der Waals surface area contributed by atoms with Gasteiger partial charge in [-0.25, -0.2) is 22.9 Å². The number of H-pyrrole nitrogens is 1. The van der Waals surface area contributed by atoms with E-state index in [1.165, 1.54) is 17.7 Å². The van der Waals surface area contributed by atoms with E-state index in [2.05, 4.69) is 24.5 Å². The van der Waals surface area contributed by atoms with Crippen molar-refractivity contribution < 1.29 is 8.42 Å². The van der Waals surface area contributed by atoms with E-state index in [1.54, 1.807) is 13.0 Å². The van der Waals surface area contributed by atoms with Gasteiger partial charge in [-0.2, -0.15) is 0 Å². The summed E-state index contributed by atoms with van der Waals surface area (Å²) in [6, 6.07) is 8.93. The molecule has 1 saturated heterocycles. The number of aromatic amines is 1. The average Bonchev–Trinajstić information content (AvgIpc) is 2.80. The quantitative estimate of drug-likeness (QED) is 0.540. The van der Waals surface area contributed by atoms with Crippen LogP contribution in [0.5, 0.6) is 0 Å². The third-order valence-corrected chi connectivity index (χ3v) is 7.37. The normalized spacial score (nSPS) is 15.3. The van der Waals surface area contributed by atoms with Crippen molar-refractivity contribution in [2.45, 2.75) is 32.0 Å². The zero-order valence-electron chi connectivity index (χ0n) is 19.0. The molecular weight excluding hydrogens is 444 g/mol. The lowest BCUT2D eigenvalue weighted by atomic mass is 10.1. The fourth-order valence-corrected chi connectivity index (χ4v) is 4.92. The van der Waals surface area contributed by atoms with Crippen LogP contribution in [-0.4, -0.2) is 61.1 Å². The van der Waals surface area contributed by atoms with Gasteiger partial charge in [-0.3, -0.25) is 14.3 Å². The molecule has 1 aliphatic heterocycles. The molecule has 0 atom stereocenters. The van der Waals surface area contributed by atoms with Crippen molar-refractivity contribution in [3.05, 3.63) is 62.4 Å². The summed E-state index contributed by atoms with van der Waals surface area (Å²) in [6.45, 7) is 7.84. The Labute approximate surface area is 191 Å². The molecule has 176 valence electrons. The van der Waals surface area contributed by atoms with E-state index in [0.717, 1.165) is 37.4 Å². The molecule has 0 unspecified atom stereocenters. The summed E-state index contributed by atoms with van der Waals surface area (Å²) in [5.41, 5.74) is 2.53. The van der Waals surface area contributed by atoms with Crippen LogP contribution >= 0.6 is 0 Å². The zero-order valence-corrected chi connectivity index (χ0v) is 19.8. The molecule has 33 heavy (non-hydrogen) atoms. The maximum Gasteiger partial charge on any atom is 0.328 e. The lowest BCUT2D eigenvalue weighted by Crippen LogP contribution is -2.46. The fourth-order valence-electron chi connectivity index (χ4n) is 4.21. The number of aryl methyl sites for hydroxylation is 1. The summed E-state index contributed by atoms with van der Waals surface area (Å²) in [7, 11) is -2.20. The molecule has 10 nitrogen and oxygen atoms in total. The van der Waals surface area contributed by atoms with Crippen molar-refractivity contribution in [2.24, 2.45) is 0 Å². The van der Waals surface area contributed by atoms with Crippen LogP contribution in [0.4, 0.5) is 5.69 Å². The van der Waals surface area contributed by atoms with Crippen LogP contribution in [0.1, 0.15) is 18.2 Å². The predicted molar refractivity (Wildman–Crippen MR) is 127 cm³/mol. The second-order valence-corrected chi connectivity index (χ2v) is 9.92. The van der Waals surface area contributed by atoms with Crippen molar-refractivity contribution in [1.29, 1.82) is 0 Å². The summed E-state index contributed by atoms with van der Waals surface area (Å²) in [4.78, 5) is 36.2.